The van der Waals surface area contributed by atoms with Crippen LogP contribution in [0.15, 0.2) is 29.3 Å². The van der Waals surface area contributed by atoms with Crippen molar-refractivity contribution in [2.24, 2.45) is 4.99 Å². The molecule has 0 saturated heterocycles. The number of nitrogens with zero attached hydrogens (tertiary/aromatic N) is 2. The summed E-state index contributed by atoms with van der Waals surface area (Å²) in [5.41, 5.74) is 2.61. The van der Waals surface area contributed by atoms with E-state index < -0.39 is 0 Å². The summed E-state index contributed by atoms with van der Waals surface area (Å²) < 4.78 is 0. The Balaban J connectivity index is 2.61. The van der Waals surface area contributed by atoms with Crippen LogP contribution in [0.2, 0.25) is 0 Å². The highest BCUT2D eigenvalue weighted by Gasteiger charge is 2.01. The van der Waals surface area contributed by atoms with Gasteiger partial charge in [0.15, 0.2) is 5.96 Å². The van der Waals surface area contributed by atoms with Crippen LogP contribution in [0, 0.1) is 6.92 Å². The molecule has 0 atom stereocenters. The molecule has 1 N–H and O–H groups in total. The number of aryl methyl sites for hydroxylation is 1. The van der Waals surface area contributed by atoms with Crippen LogP contribution < -0.4 is 5.32 Å². The molecule has 1 aromatic rings. The predicted octanol–water partition coefficient (Wildman–Crippen LogP) is 1.63. The second-order valence-corrected chi connectivity index (χ2v) is 3.72. The van der Waals surface area contributed by atoms with Crippen molar-refractivity contribution in [3.8, 4) is 0 Å². The summed E-state index contributed by atoms with van der Waals surface area (Å²) in [6.45, 7) is 2.94. The highest BCUT2D eigenvalue weighted by atomic mass is 15.3. The SMILES string of the molecule is CN=C(NCc1ccccc1C)N(C)C. The van der Waals surface area contributed by atoms with Gasteiger partial charge in [0.25, 0.3) is 0 Å². The van der Waals surface area contributed by atoms with Gasteiger partial charge in [-0.15, -0.1) is 0 Å². The largest absolute Gasteiger partial charge is 0.352 e. The number of nitrogens with one attached hydrogen (secondary N) is 1. The monoisotopic (exact) mass is 205 g/mol. The second kappa shape index (κ2) is 5.39. The molecule has 0 aliphatic rings. The number of guanidine groups is 1. The van der Waals surface area contributed by atoms with Crippen molar-refractivity contribution in [3.05, 3.63) is 35.4 Å². The predicted molar refractivity (Wildman–Crippen MR) is 65.1 cm³/mol. The Morgan fingerprint density at radius 2 is 2.00 bits per heavy atom. The lowest BCUT2D eigenvalue weighted by atomic mass is 10.1. The zero-order chi connectivity index (χ0) is 11.3. The van der Waals surface area contributed by atoms with E-state index in [1.54, 1.807) is 7.05 Å². The molecule has 0 unspecified atom stereocenters. The summed E-state index contributed by atoms with van der Waals surface area (Å²) in [6, 6.07) is 8.36. The first-order valence-electron chi connectivity index (χ1n) is 5.07. The number of rotatable bonds is 2. The van der Waals surface area contributed by atoms with Crippen molar-refractivity contribution in [2.75, 3.05) is 21.1 Å². The fraction of sp³-hybridized carbons (Fsp3) is 0.417. The quantitative estimate of drug-likeness (QED) is 0.587. The fourth-order valence-corrected chi connectivity index (χ4v) is 1.42. The molecular weight excluding hydrogens is 186 g/mol. The maximum Gasteiger partial charge on any atom is 0.193 e. The molecule has 0 saturated carbocycles. The molecule has 0 aliphatic heterocycles. The molecule has 0 aliphatic carbocycles. The Hall–Kier alpha value is -1.51. The zero-order valence-corrected chi connectivity index (χ0v) is 9.91. The van der Waals surface area contributed by atoms with Gasteiger partial charge in [0.2, 0.25) is 0 Å². The summed E-state index contributed by atoms with van der Waals surface area (Å²) in [5.74, 6) is 0.901. The van der Waals surface area contributed by atoms with Crippen LogP contribution in [0.3, 0.4) is 0 Å². The molecular formula is C12H19N3. The van der Waals surface area contributed by atoms with E-state index in [9.17, 15) is 0 Å². The molecule has 0 radical (unpaired) electrons. The van der Waals surface area contributed by atoms with Crippen LogP contribution >= 0.6 is 0 Å². The summed E-state index contributed by atoms with van der Waals surface area (Å²) in [5, 5.41) is 3.30. The van der Waals surface area contributed by atoms with Gasteiger partial charge in [-0.25, -0.2) is 0 Å². The van der Waals surface area contributed by atoms with Crippen LogP contribution in [0.4, 0.5) is 0 Å². The summed E-state index contributed by atoms with van der Waals surface area (Å²) >= 11 is 0. The van der Waals surface area contributed by atoms with Crippen LogP contribution in [0.25, 0.3) is 0 Å². The van der Waals surface area contributed by atoms with E-state index >= 15 is 0 Å². The Kier molecular flexibility index (Phi) is 4.16. The van der Waals surface area contributed by atoms with E-state index in [2.05, 4.69) is 41.5 Å². The van der Waals surface area contributed by atoms with Crippen LogP contribution in [-0.2, 0) is 6.54 Å². The van der Waals surface area contributed by atoms with Gasteiger partial charge in [0, 0.05) is 27.7 Å². The normalized spacial score (nSPS) is 11.3. The summed E-state index contributed by atoms with van der Waals surface area (Å²) in [6.07, 6.45) is 0. The molecule has 3 heteroatoms. The molecule has 1 rings (SSSR count). The Bertz CT molecular complexity index is 342. The fourth-order valence-electron chi connectivity index (χ4n) is 1.42. The van der Waals surface area contributed by atoms with Crippen molar-refractivity contribution >= 4 is 5.96 Å². The lowest BCUT2D eigenvalue weighted by Gasteiger charge is -2.17. The van der Waals surface area contributed by atoms with Gasteiger partial charge in [0.05, 0.1) is 0 Å². The highest BCUT2D eigenvalue weighted by Crippen LogP contribution is 2.05. The summed E-state index contributed by atoms with van der Waals surface area (Å²) in [4.78, 5) is 6.13. The molecule has 0 amide bonds. The van der Waals surface area contributed by atoms with E-state index in [0.29, 0.717) is 0 Å². The molecule has 0 heterocycles. The van der Waals surface area contributed by atoms with Crippen molar-refractivity contribution in [2.45, 2.75) is 13.5 Å². The molecule has 0 spiro atoms. The second-order valence-electron chi connectivity index (χ2n) is 3.72. The van der Waals surface area contributed by atoms with E-state index in [1.807, 2.05) is 19.0 Å². The van der Waals surface area contributed by atoms with Crippen molar-refractivity contribution in [1.29, 1.82) is 0 Å². The minimum absolute atomic E-state index is 0.817. The molecule has 0 bridgehead atoms. The third kappa shape index (κ3) is 3.27. The average molecular weight is 205 g/mol. The standard InChI is InChI=1S/C12H19N3/c1-10-7-5-6-8-11(10)9-14-12(13-2)15(3)4/h5-8H,9H2,1-4H3,(H,13,14). The average Bonchev–Trinajstić information content (AvgIpc) is 2.21. The molecule has 1 aromatic carbocycles. The van der Waals surface area contributed by atoms with E-state index in [0.717, 1.165) is 12.5 Å². The Morgan fingerprint density at radius 3 is 2.53 bits per heavy atom. The lowest BCUT2D eigenvalue weighted by molar-refractivity contribution is 0.582. The number of hydrogen-bond donors (Lipinski definition) is 1. The minimum atomic E-state index is 0.817. The van der Waals surface area contributed by atoms with Crippen LogP contribution in [-0.4, -0.2) is 32.0 Å². The zero-order valence-electron chi connectivity index (χ0n) is 9.91. The van der Waals surface area contributed by atoms with Crippen molar-refractivity contribution < 1.29 is 0 Å². The first-order valence-corrected chi connectivity index (χ1v) is 5.07. The topological polar surface area (TPSA) is 27.6 Å². The first kappa shape index (κ1) is 11.6. The van der Waals surface area contributed by atoms with Crippen LogP contribution in [0.5, 0.6) is 0 Å². The van der Waals surface area contributed by atoms with Crippen molar-refractivity contribution in [3.63, 3.8) is 0 Å². The Labute approximate surface area is 91.8 Å². The smallest absolute Gasteiger partial charge is 0.193 e. The number of aliphatic imine (C=N–C) groups is 1. The van der Waals surface area contributed by atoms with Gasteiger partial charge in [-0.05, 0) is 18.1 Å². The maximum atomic E-state index is 4.16. The minimum Gasteiger partial charge on any atom is -0.352 e. The molecule has 3 nitrogen and oxygen atoms in total. The Morgan fingerprint density at radius 1 is 1.33 bits per heavy atom. The van der Waals surface area contributed by atoms with Crippen molar-refractivity contribution in [1.82, 2.24) is 10.2 Å². The van der Waals surface area contributed by atoms with Crippen LogP contribution in [0.1, 0.15) is 11.1 Å². The maximum absolute atomic E-state index is 4.16. The first-order chi connectivity index (χ1) is 7.15. The van der Waals surface area contributed by atoms with Gasteiger partial charge >= 0.3 is 0 Å². The van der Waals surface area contributed by atoms with E-state index in [-0.39, 0.29) is 0 Å². The third-order valence-corrected chi connectivity index (χ3v) is 2.33. The molecule has 82 valence electrons. The van der Waals surface area contributed by atoms with Gasteiger partial charge in [-0.3, -0.25) is 4.99 Å². The third-order valence-electron chi connectivity index (χ3n) is 2.33. The van der Waals surface area contributed by atoms with Gasteiger partial charge in [0.1, 0.15) is 0 Å². The van der Waals surface area contributed by atoms with Gasteiger partial charge < -0.3 is 10.2 Å². The number of benzene rings is 1. The number of hydrogen-bond acceptors (Lipinski definition) is 1. The van der Waals surface area contributed by atoms with Gasteiger partial charge in [-0.1, -0.05) is 24.3 Å². The molecule has 0 aromatic heterocycles. The van der Waals surface area contributed by atoms with Gasteiger partial charge in [-0.2, -0.15) is 0 Å². The van der Waals surface area contributed by atoms with E-state index in [4.69, 9.17) is 0 Å². The molecule has 15 heavy (non-hydrogen) atoms. The molecule has 0 fully saturated rings. The van der Waals surface area contributed by atoms with E-state index in [1.165, 1.54) is 11.1 Å². The highest BCUT2D eigenvalue weighted by molar-refractivity contribution is 5.79. The summed E-state index contributed by atoms with van der Waals surface area (Å²) in [7, 11) is 5.75. The lowest BCUT2D eigenvalue weighted by Crippen LogP contribution is -2.35.